The number of rotatable bonds is 7. The number of hydrogen-bond donors (Lipinski definition) is 2. The van der Waals surface area contributed by atoms with Crippen molar-refractivity contribution < 1.29 is 44.6 Å². The fourth-order valence-corrected chi connectivity index (χ4v) is 5.54. The lowest BCUT2D eigenvalue weighted by atomic mass is 10.3. The van der Waals surface area contributed by atoms with Crippen LogP contribution in [0.2, 0.25) is 0 Å². The number of nitrogens with zero attached hydrogens (tertiary/aromatic N) is 1. The molecule has 15 heteroatoms. The number of carboxylic acids is 1. The standard InChI is InChI=1S/C13H11F3N2O7S3/c1-27(21,22)10-5-8(25-13(14,15)16)2-3-9(10)28(23,24)18-12-17-7(6-26-12)4-11(19)20/h2-3,5-6H,4H2,1H3,(H,17,18)(H,19,20). The van der Waals surface area contributed by atoms with Gasteiger partial charge in [-0.1, -0.05) is 0 Å². The van der Waals surface area contributed by atoms with E-state index in [-0.39, 0.29) is 10.8 Å². The smallest absolute Gasteiger partial charge is 0.481 e. The van der Waals surface area contributed by atoms with Gasteiger partial charge in [-0.2, -0.15) is 0 Å². The molecule has 28 heavy (non-hydrogen) atoms. The zero-order valence-electron chi connectivity index (χ0n) is 13.7. The molecule has 0 aliphatic rings. The Morgan fingerprint density at radius 2 is 1.89 bits per heavy atom. The van der Waals surface area contributed by atoms with E-state index in [2.05, 4.69) is 9.72 Å². The molecule has 1 aromatic carbocycles. The molecular weight excluding hydrogens is 449 g/mol. The third-order valence-electron chi connectivity index (χ3n) is 2.94. The number of anilines is 1. The fraction of sp³-hybridized carbons (Fsp3) is 0.231. The van der Waals surface area contributed by atoms with Crippen LogP contribution in [0.1, 0.15) is 5.69 Å². The van der Waals surface area contributed by atoms with E-state index >= 15 is 0 Å². The van der Waals surface area contributed by atoms with Gasteiger partial charge in [0, 0.05) is 17.7 Å². The first-order valence-corrected chi connectivity index (χ1v) is 11.2. The van der Waals surface area contributed by atoms with Gasteiger partial charge in [-0.25, -0.2) is 21.8 Å². The normalized spacial score (nSPS) is 12.6. The molecule has 0 saturated carbocycles. The maximum atomic E-state index is 12.5. The van der Waals surface area contributed by atoms with Crippen molar-refractivity contribution >= 4 is 42.3 Å². The number of aliphatic carboxylic acids is 1. The molecule has 0 saturated heterocycles. The maximum absolute atomic E-state index is 12.5. The van der Waals surface area contributed by atoms with Crippen LogP contribution in [0.4, 0.5) is 18.3 Å². The van der Waals surface area contributed by atoms with Gasteiger partial charge in [0.1, 0.15) is 10.6 Å². The minimum atomic E-state index is -5.10. The lowest BCUT2D eigenvalue weighted by molar-refractivity contribution is -0.274. The number of hydrogen-bond acceptors (Lipinski definition) is 8. The van der Waals surface area contributed by atoms with Gasteiger partial charge in [-0.05, 0) is 12.1 Å². The van der Waals surface area contributed by atoms with Crippen LogP contribution < -0.4 is 9.46 Å². The summed E-state index contributed by atoms with van der Waals surface area (Å²) in [5, 5.41) is 9.72. The largest absolute Gasteiger partial charge is 0.573 e. The predicted molar refractivity (Wildman–Crippen MR) is 90.5 cm³/mol. The number of carboxylic acid groups (broad SMARTS) is 1. The maximum Gasteiger partial charge on any atom is 0.573 e. The average molecular weight is 460 g/mol. The van der Waals surface area contributed by atoms with Gasteiger partial charge in [-0.15, -0.1) is 24.5 Å². The molecule has 9 nitrogen and oxygen atoms in total. The third kappa shape index (κ3) is 5.80. The molecule has 0 atom stereocenters. The first-order chi connectivity index (χ1) is 12.7. The molecule has 2 aromatic rings. The van der Waals surface area contributed by atoms with E-state index in [1.165, 1.54) is 5.38 Å². The van der Waals surface area contributed by atoms with E-state index in [9.17, 15) is 34.8 Å². The molecule has 0 spiro atoms. The van der Waals surface area contributed by atoms with Gasteiger partial charge in [0.05, 0.1) is 17.0 Å². The summed E-state index contributed by atoms with van der Waals surface area (Å²) in [5.74, 6) is -2.11. The monoisotopic (exact) mass is 460 g/mol. The lowest BCUT2D eigenvalue weighted by Crippen LogP contribution is -2.19. The van der Waals surface area contributed by atoms with Gasteiger partial charge in [0.25, 0.3) is 10.0 Å². The van der Waals surface area contributed by atoms with Crippen molar-refractivity contribution in [1.29, 1.82) is 0 Å². The van der Waals surface area contributed by atoms with Crippen molar-refractivity contribution in [2.24, 2.45) is 0 Å². The molecule has 0 aliphatic heterocycles. The Balaban J connectivity index is 2.44. The number of sulfone groups is 1. The molecule has 1 aromatic heterocycles. The Morgan fingerprint density at radius 3 is 2.43 bits per heavy atom. The summed E-state index contributed by atoms with van der Waals surface area (Å²) in [4.78, 5) is 12.6. The first kappa shape index (κ1) is 21.9. The first-order valence-electron chi connectivity index (χ1n) is 6.96. The van der Waals surface area contributed by atoms with Crippen LogP contribution in [0.5, 0.6) is 5.75 Å². The van der Waals surface area contributed by atoms with E-state index in [4.69, 9.17) is 5.11 Å². The number of aromatic nitrogens is 1. The lowest BCUT2D eigenvalue weighted by Gasteiger charge is -2.13. The van der Waals surface area contributed by atoms with Crippen molar-refractivity contribution in [2.45, 2.75) is 22.6 Å². The second kappa shape index (κ2) is 7.56. The second-order valence-electron chi connectivity index (χ2n) is 5.25. The summed E-state index contributed by atoms with van der Waals surface area (Å²) >= 11 is 0.750. The highest BCUT2D eigenvalue weighted by Crippen LogP contribution is 2.31. The summed E-state index contributed by atoms with van der Waals surface area (Å²) in [5.41, 5.74) is 0.0625. The summed E-state index contributed by atoms with van der Waals surface area (Å²) < 4.78 is 91.4. The van der Waals surface area contributed by atoms with E-state index in [1.807, 2.05) is 4.72 Å². The number of halogens is 3. The van der Waals surface area contributed by atoms with Crippen LogP contribution in [0.15, 0.2) is 33.4 Å². The zero-order valence-corrected chi connectivity index (χ0v) is 16.2. The van der Waals surface area contributed by atoms with Crippen LogP contribution >= 0.6 is 11.3 Å². The van der Waals surface area contributed by atoms with Crippen LogP contribution in [-0.4, -0.2) is 45.5 Å². The van der Waals surface area contributed by atoms with Crippen molar-refractivity contribution in [1.82, 2.24) is 4.98 Å². The molecule has 0 aliphatic carbocycles. The second-order valence-corrected chi connectivity index (χ2v) is 9.74. The van der Waals surface area contributed by atoms with E-state index in [1.54, 1.807) is 0 Å². The van der Waals surface area contributed by atoms with Crippen LogP contribution in [0.25, 0.3) is 0 Å². The SMILES string of the molecule is CS(=O)(=O)c1cc(OC(F)(F)F)ccc1S(=O)(=O)Nc1nc(CC(=O)O)cs1. The van der Waals surface area contributed by atoms with Crippen molar-refractivity contribution in [3.63, 3.8) is 0 Å². The molecule has 2 N–H and O–H groups in total. The van der Waals surface area contributed by atoms with Gasteiger partial charge >= 0.3 is 12.3 Å². The minimum absolute atomic E-state index is 0.0625. The number of sulfonamides is 1. The fourth-order valence-electron chi connectivity index (χ4n) is 1.96. The molecule has 0 fully saturated rings. The number of carbonyl (C=O) groups is 1. The van der Waals surface area contributed by atoms with Crippen LogP contribution in [0, 0.1) is 0 Å². The van der Waals surface area contributed by atoms with Gasteiger partial charge < -0.3 is 9.84 Å². The number of thiazole rings is 1. The van der Waals surface area contributed by atoms with Crippen molar-refractivity contribution in [3.8, 4) is 5.75 Å². The van der Waals surface area contributed by atoms with E-state index in [0.29, 0.717) is 24.5 Å². The van der Waals surface area contributed by atoms with Crippen molar-refractivity contribution in [3.05, 3.63) is 29.3 Å². The number of nitrogens with one attached hydrogen (secondary N) is 1. The molecule has 1 heterocycles. The average Bonchev–Trinajstić information content (AvgIpc) is 2.89. The number of benzene rings is 1. The Bertz CT molecular complexity index is 1110. The quantitative estimate of drug-likeness (QED) is 0.638. The number of ether oxygens (including phenoxy) is 1. The van der Waals surface area contributed by atoms with Crippen LogP contribution in [0.3, 0.4) is 0 Å². The van der Waals surface area contributed by atoms with Gasteiger partial charge in [0.15, 0.2) is 15.0 Å². The summed E-state index contributed by atoms with van der Waals surface area (Å²) in [6.45, 7) is 0. The zero-order chi connectivity index (χ0) is 21.3. The highest BCUT2D eigenvalue weighted by atomic mass is 32.2. The number of alkyl halides is 3. The predicted octanol–water partition coefficient (Wildman–Crippen LogP) is 1.87. The molecule has 0 bridgehead atoms. The Hall–Kier alpha value is -2.39. The minimum Gasteiger partial charge on any atom is -0.481 e. The Labute approximate surface area is 160 Å². The van der Waals surface area contributed by atoms with E-state index < -0.39 is 54.2 Å². The molecule has 0 radical (unpaired) electrons. The summed E-state index contributed by atoms with van der Waals surface area (Å²) in [6, 6.07) is 1.73. The topological polar surface area (TPSA) is 140 Å². The Kier molecular flexibility index (Phi) is 5.91. The third-order valence-corrected chi connectivity index (χ3v) is 6.54. The van der Waals surface area contributed by atoms with Gasteiger partial charge in [0.2, 0.25) is 0 Å². The van der Waals surface area contributed by atoms with Crippen LogP contribution in [-0.2, 0) is 31.1 Å². The van der Waals surface area contributed by atoms with Gasteiger partial charge in [-0.3, -0.25) is 9.52 Å². The molecule has 0 amide bonds. The highest BCUT2D eigenvalue weighted by molar-refractivity contribution is 7.95. The molecule has 0 unspecified atom stereocenters. The van der Waals surface area contributed by atoms with Crippen molar-refractivity contribution in [2.75, 3.05) is 11.0 Å². The summed E-state index contributed by atoms with van der Waals surface area (Å²) in [7, 11) is -8.83. The molecule has 154 valence electrons. The van der Waals surface area contributed by atoms with E-state index in [0.717, 1.165) is 11.3 Å². The molecular formula is C13H11F3N2O7S3. The summed E-state index contributed by atoms with van der Waals surface area (Å²) in [6.07, 6.45) is -4.95. The molecule has 2 rings (SSSR count). The highest BCUT2D eigenvalue weighted by Gasteiger charge is 2.33. The Morgan fingerprint density at radius 1 is 1.25 bits per heavy atom.